The van der Waals surface area contributed by atoms with Crippen molar-refractivity contribution < 1.29 is 9.59 Å². The van der Waals surface area contributed by atoms with Gasteiger partial charge in [-0.3, -0.25) is 14.5 Å². The smallest absolute Gasteiger partial charge is 0.286 e. The number of carbonyl (C=O) groups is 2. The molecule has 1 unspecified atom stereocenters. The molecule has 1 amide bonds. The molecule has 4 nitrogen and oxygen atoms in total. The van der Waals surface area contributed by atoms with E-state index in [2.05, 4.69) is 18.7 Å². The van der Waals surface area contributed by atoms with Crippen molar-refractivity contribution in [3.05, 3.63) is 0 Å². The highest BCUT2D eigenvalue weighted by Crippen LogP contribution is 2.08. The Morgan fingerprint density at radius 1 is 1.54 bits per heavy atom. The number of likely N-dealkylation sites (N-methyl/N-ethyl adjacent to an activating group) is 1. The zero-order valence-corrected chi connectivity index (χ0v) is 8.19. The maximum atomic E-state index is 11.0. The van der Waals surface area contributed by atoms with Crippen molar-refractivity contribution in [2.24, 2.45) is 0 Å². The summed E-state index contributed by atoms with van der Waals surface area (Å²) in [5, 5.41) is 0. The van der Waals surface area contributed by atoms with Gasteiger partial charge < -0.3 is 4.90 Å². The average molecular weight is 184 g/mol. The molecule has 1 heterocycles. The van der Waals surface area contributed by atoms with Crippen LogP contribution >= 0.6 is 0 Å². The van der Waals surface area contributed by atoms with E-state index in [0.29, 0.717) is 25.4 Å². The van der Waals surface area contributed by atoms with Gasteiger partial charge in [0.25, 0.3) is 5.91 Å². The van der Waals surface area contributed by atoms with Crippen molar-refractivity contribution in [2.75, 3.05) is 26.2 Å². The SMILES string of the molecule is CCN1CCN(C(=O)C=O)CC1C. The Bertz CT molecular complexity index is 206. The van der Waals surface area contributed by atoms with Crippen LogP contribution in [0.25, 0.3) is 0 Å². The van der Waals surface area contributed by atoms with Gasteiger partial charge >= 0.3 is 0 Å². The van der Waals surface area contributed by atoms with E-state index in [0.717, 1.165) is 13.1 Å². The molecule has 0 spiro atoms. The molecule has 74 valence electrons. The number of hydrogen-bond donors (Lipinski definition) is 0. The van der Waals surface area contributed by atoms with Crippen LogP contribution in [0.2, 0.25) is 0 Å². The first-order valence-electron chi connectivity index (χ1n) is 4.67. The molecule has 0 aromatic rings. The van der Waals surface area contributed by atoms with Crippen LogP contribution in [-0.2, 0) is 9.59 Å². The molecule has 4 heteroatoms. The number of hydrogen-bond acceptors (Lipinski definition) is 3. The highest BCUT2D eigenvalue weighted by molar-refractivity contribution is 6.23. The maximum Gasteiger partial charge on any atom is 0.286 e. The normalized spacial score (nSPS) is 24.5. The predicted molar refractivity (Wildman–Crippen MR) is 49.4 cm³/mol. The van der Waals surface area contributed by atoms with Crippen molar-refractivity contribution in [2.45, 2.75) is 19.9 Å². The lowest BCUT2D eigenvalue weighted by atomic mass is 10.2. The summed E-state index contributed by atoms with van der Waals surface area (Å²) in [5.74, 6) is -0.386. The van der Waals surface area contributed by atoms with Crippen molar-refractivity contribution >= 4 is 12.2 Å². The largest absolute Gasteiger partial charge is 0.334 e. The van der Waals surface area contributed by atoms with E-state index < -0.39 is 0 Å². The number of carbonyl (C=O) groups excluding carboxylic acids is 2. The number of rotatable bonds is 2. The summed E-state index contributed by atoms with van der Waals surface area (Å²) in [7, 11) is 0. The molecule has 0 radical (unpaired) electrons. The molecule has 0 N–H and O–H groups in total. The summed E-state index contributed by atoms with van der Waals surface area (Å²) < 4.78 is 0. The van der Waals surface area contributed by atoms with Crippen molar-refractivity contribution in [3.8, 4) is 0 Å². The topological polar surface area (TPSA) is 40.6 Å². The lowest BCUT2D eigenvalue weighted by Crippen LogP contribution is -2.53. The van der Waals surface area contributed by atoms with Gasteiger partial charge in [-0.25, -0.2) is 0 Å². The number of amides is 1. The van der Waals surface area contributed by atoms with Crippen molar-refractivity contribution in [1.82, 2.24) is 9.80 Å². The first-order valence-corrected chi connectivity index (χ1v) is 4.67. The Morgan fingerprint density at radius 2 is 2.23 bits per heavy atom. The third-order valence-corrected chi connectivity index (χ3v) is 2.58. The minimum absolute atomic E-state index is 0.364. The Morgan fingerprint density at radius 3 is 2.69 bits per heavy atom. The molecule has 0 aromatic carbocycles. The summed E-state index contributed by atoms with van der Waals surface area (Å²) in [6, 6.07) is 0.364. The molecule has 0 aliphatic carbocycles. The Labute approximate surface area is 78.5 Å². The fraction of sp³-hybridized carbons (Fsp3) is 0.778. The Kier molecular flexibility index (Phi) is 3.42. The molecule has 0 saturated carbocycles. The van der Waals surface area contributed by atoms with Crippen LogP contribution in [0.3, 0.4) is 0 Å². The van der Waals surface area contributed by atoms with Crippen molar-refractivity contribution in [1.29, 1.82) is 0 Å². The van der Waals surface area contributed by atoms with Gasteiger partial charge in [0, 0.05) is 25.7 Å². The van der Waals surface area contributed by atoms with Gasteiger partial charge in [-0.15, -0.1) is 0 Å². The Balaban J connectivity index is 2.50. The molecular weight excluding hydrogens is 168 g/mol. The highest BCUT2D eigenvalue weighted by atomic mass is 16.2. The van der Waals surface area contributed by atoms with Crippen LogP contribution in [0.4, 0.5) is 0 Å². The first kappa shape index (κ1) is 10.2. The summed E-state index contributed by atoms with van der Waals surface area (Å²) in [6.45, 7) is 7.41. The summed E-state index contributed by atoms with van der Waals surface area (Å²) >= 11 is 0. The van der Waals surface area contributed by atoms with E-state index in [1.54, 1.807) is 4.90 Å². The molecule has 0 aromatic heterocycles. The predicted octanol–water partition coefficient (Wildman–Crippen LogP) is -0.262. The van der Waals surface area contributed by atoms with Crippen LogP contribution < -0.4 is 0 Å². The van der Waals surface area contributed by atoms with E-state index in [-0.39, 0.29) is 5.91 Å². The van der Waals surface area contributed by atoms with Gasteiger partial charge in [0.15, 0.2) is 0 Å². The first-order chi connectivity index (χ1) is 6.19. The minimum Gasteiger partial charge on any atom is -0.334 e. The molecule has 1 fully saturated rings. The van der Waals surface area contributed by atoms with Gasteiger partial charge in [0.2, 0.25) is 6.29 Å². The van der Waals surface area contributed by atoms with Crippen molar-refractivity contribution in [3.63, 3.8) is 0 Å². The summed E-state index contributed by atoms with van der Waals surface area (Å²) in [5.41, 5.74) is 0. The third kappa shape index (κ3) is 2.28. The van der Waals surface area contributed by atoms with E-state index in [1.165, 1.54) is 0 Å². The van der Waals surface area contributed by atoms with Crippen LogP contribution in [0.15, 0.2) is 0 Å². The van der Waals surface area contributed by atoms with E-state index in [9.17, 15) is 9.59 Å². The second-order valence-corrected chi connectivity index (χ2v) is 3.38. The van der Waals surface area contributed by atoms with Gasteiger partial charge in [-0.05, 0) is 13.5 Å². The standard InChI is InChI=1S/C9H16N2O2/c1-3-10-4-5-11(6-8(10)2)9(13)7-12/h7-8H,3-6H2,1-2H3. The average Bonchev–Trinajstić information content (AvgIpc) is 2.16. The Hall–Kier alpha value is -0.900. The summed E-state index contributed by atoms with van der Waals surface area (Å²) in [6.07, 6.45) is 0.397. The number of nitrogens with zero attached hydrogens (tertiary/aromatic N) is 2. The summed E-state index contributed by atoms with van der Waals surface area (Å²) in [4.78, 5) is 25.2. The number of piperazine rings is 1. The quantitative estimate of drug-likeness (QED) is 0.438. The van der Waals surface area contributed by atoms with Crippen LogP contribution in [0.1, 0.15) is 13.8 Å². The fourth-order valence-corrected chi connectivity index (χ4v) is 1.74. The van der Waals surface area contributed by atoms with Crippen LogP contribution in [0.5, 0.6) is 0 Å². The van der Waals surface area contributed by atoms with Gasteiger partial charge in [-0.2, -0.15) is 0 Å². The number of aldehydes is 1. The zero-order valence-electron chi connectivity index (χ0n) is 8.19. The molecule has 1 saturated heterocycles. The second kappa shape index (κ2) is 4.37. The molecule has 1 aliphatic heterocycles. The lowest BCUT2D eigenvalue weighted by Gasteiger charge is -2.38. The molecule has 1 atom stereocenters. The van der Waals surface area contributed by atoms with E-state index in [1.807, 2.05) is 0 Å². The second-order valence-electron chi connectivity index (χ2n) is 3.38. The monoisotopic (exact) mass is 184 g/mol. The van der Waals surface area contributed by atoms with E-state index >= 15 is 0 Å². The zero-order chi connectivity index (χ0) is 9.84. The third-order valence-electron chi connectivity index (χ3n) is 2.58. The molecule has 13 heavy (non-hydrogen) atoms. The lowest BCUT2D eigenvalue weighted by molar-refractivity contribution is -0.140. The highest BCUT2D eigenvalue weighted by Gasteiger charge is 2.24. The maximum absolute atomic E-state index is 11.0. The van der Waals surface area contributed by atoms with Gasteiger partial charge in [-0.1, -0.05) is 6.92 Å². The van der Waals surface area contributed by atoms with Crippen LogP contribution in [0, 0.1) is 0 Å². The molecule has 1 aliphatic rings. The minimum atomic E-state index is -0.386. The molecule has 0 bridgehead atoms. The van der Waals surface area contributed by atoms with Gasteiger partial charge in [0.05, 0.1) is 0 Å². The van der Waals surface area contributed by atoms with E-state index in [4.69, 9.17) is 0 Å². The molecular formula is C9H16N2O2. The van der Waals surface area contributed by atoms with Gasteiger partial charge in [0.1, 0.15) is 0 Å². The molecule has 1 rings (SSSR count). The van der Waals surface area contributed by atoms with Crippen LogP contribution in [-0.4, -0.2) is 54.2 Å². The fourth-order valence-electron chi connectivity index (χ4n) is 1.74.